The van der Waals surface area contributed by atoms with Crippen LogP contribution in [-0.4, -0.2) is 28.4 Å². The van der Waals surface area contributed by atoms with Crippen LogP contribution in [0.2, 0.25) is 0 Å². The number of aromatic nitrogens is 2. The Bertz CT molecular complexity index is 710. The predicted octanol–water partition coefficient (Wildman–Crippen LogP) is 2.86. The van der Waals surface area contributed by atoms with Crippen molar-refractivity contribution in [3.05, 3.63) is 47.8 Å². The molecule has 3 rings (SSSR count). The SMILES string of the molecule is Cc1ccc2c(c1)nc(CN(C)C)c1cccn12. The highest BCUT2D eigenvalue weighted by molar-refractivity contribution is 5.80. The van der Waals surface area contributed by atoms with Crippen LogP contribution in [0.4, 0.5) is 0 Å². The van der Waals surface area contributed by atoms with E-state index in [1.165, 1.54) is 16.6 Å². The van der Waals surface area contributed by atoms with Crippen molar-refractivity contribution in [3.8, 4) is 0 Å². The number of aryl methyl sites for hydroxylation is 1. The highest BCUT2D eigenvalue weighted by atomic mass is 15.1. The Morgan fingerprint density at radius 3 is 2.78 bits per heavy atom. The zero-order valence-corrected chi connectivity index (χ0v) is 11.0. The van der Waals surface area contributed by atoms with Gasteiger partial charge < -0.3 is 9.30 Å². The third kappa shape index (κ3) is 1.77. The number of hydrogen-bond donors (Lipinski definition) is 0. The molecule has 0 aliphatic carbocycles. The summed E-state index contributed by atoms with van der Waals surface area (Å²) in [6, 6.07) is 10.6. The molecule has 0 aliphatic heterocycles. The fraction of sp³-hybridized carbons (Fsp3) is 0.267. The van der Waals surface area contributed by atoms with Crippen molar-refractivity contribution in [2.75, 3.05) is 14.1 Å². The summed E-state index contributed by atoms with van der Waals surface area (Å²) in [7, 11) is 4.14. The van der Waals surface area contributed by atoms with Gasteiger partial charge in [0, 0.05) is 12.7 Å². The summed E-state index contributed by atoms with van der Waals surface area (Å²) in [6.07, 6.45) is 2.10. The molecule has 3 nitrogen and oxygen atoms in total. The zero-order chi connectivity index (χ0) is 12.7. The molecule has 0 saturated heterocycles. The van der Waals surface area contributed by atoms with E-state index in [0.717, 1.165) is 17.8 Å². The van der Waals surface area contributed by atoms with Crippen LogP contribution >= 0.6 is 0 Å². The van der Waals surface area contributed by atoms with Crippen LogP contribution in [0.25, 0.3) is 16.6 Å². The standard InChI is InChI=1S/C15H17N3/c1-11-6-7-15-12(9-11)16-13(10-17(2)3)14-5-4-8-18(14)15/h4-9H,10H2,1-3H3. The molecular weight excluding hydrogens is 222 g/mol. The summed E-state index contributed by atoms with van der Waals surface area (Å²) in [5.41, 5.74) is 5.80. The minimum atomic E-state index is 0.859. The van der Waals surface area contributed by atoms with Gasteiger partial charge in [-0.1, -0.05) is 6.07 Å². The quantitative estimate of drug-likeness (QED) is 0.685. The Balaban J connectivity index is 2.35. The molecule has 0 aliphatic rings. The van der Waals surface area contributed by atoms with Gasteiger partial charge in [-0.05, 0) is 50.8 Å². The average molecular weight is 239 g/mol. The molecule has 2 aromatic heterocycles. The summed E-state index contributed by atoms with van der Waals surface area (Å²) < 4.78 is 2.22. The van der Waals surface area contributed by atoms with Gasteiger partial charge in [0.05, 0.1) is 22.2 Å². The highest BCUT2D eigenvalue weighted by Crippen LogP contribution is 2.20. The first-order chi connectivity index (χ1) is 8.65. The molecule has 0 fully saturated rings. The third-order valence-electron chi connectivity index (χ3n) is 3.16. The molecule has 0 saturated carbocycles. The molecule has 0 spiro atoms. The normalized spacial score (nSPS) is 11.8. The van der Waals surface area contributed by atoms with Crippen LogP contribution in [0.1, 0.15) is 11.3 Å². The highest BCUT2D eigenvalue weighted by Gasteiger charge is 2.08. The summed E-state index contributed by atoms with van der Waals surface area (Å²) in [6.45, 7) is 2.96. The first kappa shape index (κ1) is 11.2. The topological polar surface area (TPSA) is 20.5 Å². The first-order valence-electron chi connectivity index (χ1n) is 6.16. The third-order valence-corrected chi connectivity index (χ3v) is 3.16. The molecule has 0 bridgehead atoms. The van der Waals surface area contributed by atoms with E-state index in [9.17, 15) is 0 Å². The molecule has 3 aromatic rings. The fourth-order valence-electron chi connectivity index (χ4n) is 2.37. The lowest BCUT2D eigenvalue weighted by Crippen LogP contribution is -2.13. The van der Waals surface area contributed by atoms with E-state index < -0.39 is 0 Å². The minimum Gasteiger partial charge on any atom is -0.313 e. The predicted molar refractivity (Wildman–Crippen MR) is 74.8 cm³/mol. The number of hydrogen-bond acceptors (Lipinski definition) is 2. The van der Waals surface area contributed by atoms with E-state index in [1.54, 1.807) is 0 Å². The van der Waals surface area contributed by atoms with Crippen LogP contribution in [0.5, 0.6) is 0 Å². The van der Waals surface area contributed by atoms with Gasteiger partial charge in [0.2, 0.25) is 0 Å². The first-order valence-corrected chi connectivity index (χ1v) is 6.16. The lowest BCUT2D eigenvalue weighted by Gasteiger charge is -2.12. The van der Waals surface area contributed by atoms with Gasteiger partial charge in [-0.25, -0.2) is 4.98 Å². The molecule has 0 N–H and O–H groups in total. The second kappa shape index (κ2) is 4.10. The molecule has 18 heavy (non-hydrogen) atoms. The second-order valence-electron chi connectivity index (χ2n) is 5.05. The molecule has 0 atom stereocenters. The van der Waals surface area contributed by atoms with Gasteiger partial charge >= 0.3 is 0 Å². The Hall–Kier alpha value is -1.87. The minimum absolute atomic E-state index is 0.859. The fourth-order valence-corrected chi connectivity index (χ4v) is 2.37. The van der Waals surface area contributed by atoms with Gasteiger partial charge in [-0.2, -0.15) is 0 Å². The molecular formula is C15H17N3. The average Bonchev–Trinajstić information content (AvgIpc) is 2.77. The Morgan fingerprint density at radius 2 is 2.00 bits per heavy atom. The lowest BCUT2D eigenvalue weighted by molar-refractivity contribution is 0.398. The lowest BCUT2D eigenvalue weighted by atomic mass is 10.2. The van der Waals surface area contributed by atoms with Gasteiger partial charge in [0.1, 0.15) is 0 Å². The molecule has 2 heterocycles. The van der Waals surface area contributed by atoms with E-state index in [1.807, 2.05) is 0 Å². The van der Waals surface area contributed by atoms with Crippen LogP contribution in [0.3, 0.4) is 0 Å². The maximum absolute atomic E-state index is 4.81. The van der Waals surface area contributed by atoms with Crippen molar-refractivity contribution in [2.24, 2.45) is 0 Å². The van der Waals surface area contributed by atoms with Crippen LogP contribution in [-0.2, 0) is 6.54 Å². The van der Waals surface area contributed by atoms with E-state index in [-0.39, 0.29) is 0 Å². The molecule has 0 radical (unpaired) electrons. The van der Waals surface area contributed by atoms with Crippen molar-refractivity contribution >= 4 is 16.6 Å². The van der Waals surface area contributed by atoms with Crippen molar-refractivity contribution in [3.63, 3.8) is 0 Å². The van der Waals surface area contributed by atoms with E-state index in [4.69, 9.17) is 4.98 Å². The number of nitrogens with zero attached hydrogens (tertiary/aromatic N) is 3. The summed E-state index contributed by atoms with van der Waals surface area (Å²) in [4.78, 5) is 6.96. The van der Waals surface area contributed by atoms with E-state index >= 15 is 0 Å². The summed E-state index contributed by atoms with van der Waals surface area (Å²) in [5, 5.41) is 0. The number of fused-ring (bicyclic) bond motifs is 3. The number of benzene rings is 1. The number of rotatable bonds is 2. The molecule has 1 aromatic carbocycles. The molecule has 92 valence electrons. The van der Waals surface area contributed by atoms with E-state index in [0.29, 0.717) is 0 Å². The van der Waals surface area contributed by atoms with Crippen LogP contribution < -0.4 is 0 Å². The van der Waals surface area contributed by atoms with Crippen molar-refractivity contribution in [1.29, 1.82) is 0 Å². The van der Waals surface area contributed by atoms with Crippen molar-refractivity contribution < 1.29 is 0 Å². The zero-order valence-electron chi connectivity index (χ0n) is 11.0. The molecule has 0 amide bonds. The van der Waals surface area contributed by atoms with Gasteiger partial charge in [-0.15, -0.1) is 0 Å². The van der Waals surface area contributed by atoms with E-state index in [2.05, 4.69) is 66.8 Å². The van der Waals surface area contributed by atoms with Crippen LogP contribution in [0.15, 0.2) is 36.5 Å². The Kier molecular flexibility index (Phi) is 2.56. The van der Waals surface area contributed by atoms with Gasteiger partial charge in [-0.3, -0.25) is 0 Å². The monoisotopic (exact) mass is 239 g/mol. The smallest absolute Gasteiger partial charge is 0.0877 e. The molecule has 3 heteroatoms. The Morgan fingerprint density at radius 1 is 1.17 bits per heavy atom. The summed E-state index contributed by atoms with van der Waals surface area (Å²) in [5.74, 6) is 0. The second-order valence-corrected chi connectivity index (χ2v) is 5.05. The van der Waals surface area contributed by atoms with Gasteiger partial charge in [0.15, 0.2) is 0 Å². The molecule has 0 unspecified atom stereocenters. The van der Waals surface area contributed by atoms with Crippen molar-refractivity contribution in [2.45, 2.75) is 13.5 Å². The van der Waals surface area contributed by atoms with Gasteiger partial charge in [0.25, 0.3) is 0 Å². The maximum Gasteiger partial charge on any atom is 0.0877 e. The van der Waals surface area contributed by atoms with Crippen LogP contribution in [0, 0.1) is 6.92 Å². The Labute approximate surface area is 107 Å². The largest absolute Gasteiger partial charge is 0.313 e. The maximum atomic E-state index is 4.81. The summed E-state index contributed by atoms with van der Waals surface area (Å²) >= 11 is 0. The van der Waals surface area contributed by atoms with Crippen molar-refractivity contribution in [1.82, 2.24) is 14.3 Å².